The Balaban J connectivity index is 1.70. The van der Waals surface area contributed by atoms with Crippen LogP contribution in [0.2, 0.25) is 5.02 Å². The van der Waals surface area contributed by atoms with Crippen molar-refractivity contribution in [2.24, 2.45) is 0 Å². The predicted molar refractivity (Wildman–Crippen MR) is 104 cm³/mol. The summed E-state index contributed by atoms with van der Waals surface area (Å²) in [6.45, 7) is 2.70. The number of carbonyl (C=O) groups excluding carboxylic acids is 1. The fourth-order valence-electron chi connectivity index (χ4n) is 2.93. The number of amides is 1. The SMILES string of the molecule is CS(=O)(=O)Nc1cc(C(=O)N2CCN(c3ccccc3)CC2)ccc1Cl. The van der Waals surface area contributed by atoms with Gasteiger partial charge in [0.2, 0.25) is 10.0 Å². The summed E-state index contributed by atoms with van der Waals surface area (Å²) in [4.78, 5) is 16.8. The molecule has 1 heterocycles. The topological polar surface area (TPSA) is 69.7 Å². The van der Waals surface area contributed by atoms with Gasteiger partial charge in [-0.05, 0) is 30.3 Å². The summed E-state index contributed by atoms with van der Waals surface area (Å²) in [5.41, 5.74) is 1.77. The number of hydrogen-bond donors (Lipinski definition) is 1. The molecular formula is C18H20ClN3O3S. The van der Waals surface area contributed by atoms with E-state index >= 15 is 0 Å². The smallest absolute Gasteiger partial charge is 0.254 e. The molecule has 0 bridgehead atoms. The Kier molecular flexibility index (Phi) is 5.38. The highest BCUT2D eigenvalue weighted by molar-refractivity contribution is 7.92. The van der Waals surface area contributed by atoms with Crippen LogP contribution < -0.4 is 9.62 Å². The maximum Gasteiger partial charge on any atom is 0.254 e. The third-order valence-electron chi connectivity index (χ3n) is 4.20. The Morgan fingerprint density at radius 2 is 1.69 bits per heavy atom. The van der Waals surface area contributed by atoms with E-state index in [2.05, 4.69) is 21.8 Å². The monoisotopic (exact) mass is 393 g/mol. The number of para-hydroxylation sites is 1. The van der Waals surface area contributed by atoms with E-state index in [0.717, 1.165) is 25.0 Å². The Hall–Kier alpha value is -2.25. The van der Waals surface area contributed by atoms with Crippen molar-refractivity contribution in [3.63, 3.8) is 0 Å². The Bertz CT molecular complexity index is 895. The van der Waals surface area contributed by atoms with E-state index in [-0.39, 0.29) is 16.6 Å². The van der Waals surface area contributed by atoms with Gasteiger partial charge in [-0.3, -0.25) is 9.52 Å². The van der Waals surface area contributed by atoms with Crippen LogP contribution in [0, 0.1) is 0 Å². The summed E-state index contributed by atoms with van der Waals surface area (Å²) < 4.78 is 25.2. The first-order chi connectivity index (χ1) is 12.3. The number of carbonyl (C=O) groups is 1. The predicted octanol–water partition coefficient (Wildman–Crippen LogP) is 2.67. The molecule has 1 fully saturated rings. The van der Waals surface area contributed by atoms with Crippen LogP contribution in [0.1, 0.15) is 10.4 Å². The first kappa shape index (κ1) is 18.5. The van der Waals surface area contributed by atoms with Gasteiger partial charge in [0.25, 0.3) is 5.91 Å². The molecule has 0 aromatic heterocycles. The van der Waals surface area contributed by atoms with Gasteiger partial charge in [-0.2, -0.15) is 0 Å². The van der Waals surface area contributed by atoms with Gasteiger partial charge in [0.1, 0.15) is 0 Å². The molecule has 3 rings (SSSR count). The molecule has 1 aliphatic rings. The van der Waals surface area contributed by atoms with Gasteiger partial charge in [-0.25, -0.2) is 8.42 Å². The molecule has 2 aromatic rings. The van der Waals surface area contributed by atoms with Crippen LogP contribution in [0.3, 0.4) is 0 Å². The summed E-state index contributed by atoms with van der Waals surface area (Å²) in [7, 11) is -3.47. The third-order valence-corrected chi connectivity index (χ3v) is 5.12. The largest absolute Gasteiger partial charge is 0.368 e. The van der Waals surface area contributed by atoms with Gasteiger partial charge < -0.3 is 9.80 Å². The summed E-state index contributed by atoms with van der Waals surface area (Å²) in [5, 5.41) is 0.251. The van der Waals surface area contributed by atoms with Crippen molar-refractivity contribution in [1.29, 1.82) is 0 Å². The Morgan fingerprint density at radius 3 is 2.31 bits per heavy atom. The molecule has 0 atom stereocenters. The minimum atomic E-state index is -3.47. The molecule has 0 aliphatic carbocycles. The zero-order valence-electron chi connectivity index (χ0n) is 14.4. The molecule has 1 saturated heterocycles. The molecule has 0 unspecified atom stereocenters. The number of anilines is 2. The Labute approximate surface area is 158 Å². The minimum Gasteiger partial charge on any atom is -0.368 e. The fraction of sp³-hybridized carbons (Fsp3) is 0.278. The minimum absolute atomic E-state index is 0.133. The van der Waals surface area contributed by atoms with E-state index in [4.69, 9.17) is 11.6 Å². The van der Waals surface area contributed by atoms with E-state index in [0.29, 0.717) is 18.7 Å². The first-order valence-electron chi connectivity index (χ1n) is 8.20. The summed E-state index contributed by atoms with van der Waals surface area (Å²) in [5.74, 6) is -0.133. The highest BCUT2D eigenvalue weighted by Crippen LogP contribution is 2.25. The van der Waals surface area contributed by atoms with Crippen LogP contribution in [0.4, 0.5) is 11.4 Å². The van der Waals surface area contributed by atoms with Crippen molar-refractivity contribution in [3.05, 3.63) is 59.1 Å². The lowest BCUT2D eigenvalue weighted by Crippen LogP contribution is -2.48. The lowest BCUT2D eigenvalue weighted by molar-refractivity contribution is 0.0747. The van der Waals surface area contributed by atoms with Gasteiger partial charge in [-0.15, -0.1) is 0 Å². The van der Waals surface area contributed by atoms with E-state index in [1.807, 2.05) is 18.2 Å². The van der Waals surface area contributed by atoms with Crippen LogP contribution >= 0.6 is 11.6 Å². The fourth-order valence-corrected chi connectivity index (χ4v) is 3.71. The number of nitrogens with one attached hydrogen (secondary N) is 1. The molecule has 6 nitrogen and oxygen atoms in total. The first-order valence-corrected chi connectivity index (χ1v) is 10.5. The van der Waals surface area contributed by atoms with Crippen molar-refractivity contribution in [1.82, 2.24) is 4.90 Å². The van der Waals surface area contributed by atoms with Gasteiger partial charge in [0.05, 0.1) is 17.0 Å². The number of piperazine rings is 1. The number of sulfonamides is 1. The molecule has 26 heavy (non-hydrogen) atoms. The molecule has 1 N–H and O–H groups in total. The van der Waals surface area contributed by atoms with E-state index in [1.165, 1.54) is 12.1 Å². The van der Waals surface area contributed by atoms with Crippen LogP contribution in [0.5, 0.6) is 0 Å². The van der Waals surface area contributed by atoms with Crippen LogP contribution in [0.15, 0.2) is 48.5 Å². The van der Waals surface area contributed by atoms with Crippen LogP contribution in [-0.4, -0.2) is 51.7 Å². The number of hydrogen-bond acceptors (Lipinski definition) is 4. The highest BCUT2D eigenvalue weighted by Gasteiger charge is 2.23. The second kappa shape index (κ2) is 7.55. The van der Waals surface area contributed by atoms with Crippen molar-refractivity contribution in [2.45, 2.75) is 0 Å². The lowest BCUT2D eigenvalue weighted by Gasteiger charge is -2.36. The van der Waals surface area contributed by atoms with Crippen molar-refractivity contribution in [2.75, 3.05) is 42.1 Å². The second-order valence-corrected chi connectivity index (χ2v) is 8.34. The van der Waals surface area contributed by atoms with Gasteiger partial charge in [0, 0.05) is 37.4 Å². The average molecular weight is 394 g/mol. The maximum absolute atomic E-state index is 12.8. The molecular weight excluding hydrogens is 374 g/mol. The van der Waals surface area contributed by atoms with E-state index < -0.39 is 10.0 Å². The summed E-state index contributed by atoms with van der Waals surface area (Å²) in [6, 6.07) is 14.7. The number of benzene rings is 2. The molecule has 0 spiro atoms. The van der Waals surface area contributed by atoms with Gasteiger partial charge in [0.15, 0.2) is 0 Å². The van der Waals surface area contributed by atoms with Crippen LogP contribution in [0.25, 0.3) is 0 Å². The third kappa shape index (κ3) is 4.47. The molecule has 1 aliphatic heterocycles. The second-order valence-electron chi connectivity index (χ2n) is 6.18. The van der Waals surface area contributed by atoms with Crippen LogP contribution in [-0.2, 0) is 10.0 Å². The number of nitrogens with zero attached hydrogens (tertiary/aromatic N) is 2. The summed E-state index contributed by atoms with van der Waals surface area (Å²) in [6.07, 6.45) is 1.04. The standard InChI is InChI=1S/C18H20ClN3O3S/c1-26(24,25)20-17-13-14(7-8-16(17)19)18(23)22-11-9-21(10-12-22)15-5-3-2-4-6-15/h2-8,13,20H,9-12H2,1H3. The van der Waals surface area contributed by atoms with Gasteiger partial charge >= 0.3 is 0 Å². The van der Waals surface area contributed by atoms with Gasteiger partial charge in [-0.1, -0.05) is 29.8 Å². The quantitative estimate of drug-likeness (QED) is 0.867. The number of halogens is 1. The molecule has 138 valence electrons. The molecule has 1 amide bonds. The van der Waals surface area contributed by atoms with Crippen molar-refractivity contribution in [3.8, 4) is 0 Å². The molecule has 2 aromatic carbocycles. The molecule has 8 heteroatoms. The maximum atomic E-state index is 12.8. The molecule has 0 saturated carbocycles. The average Bonchev–Trinajstić information content (AvgIpc) is 2.63. The molecule has 0 radical (unpaired) electrons. The highest BCUT2D eigenvalue weighted by atomic mass is 35.5. The zero-order chi connectivity index (χ0) is 18.7. The van der Waals surface area contributed by atoms with E-state index in [1.54, 1.807) is 11.0 Å². The number of rotatable bonds is 4. The zero-order valence-corrected chi connectivity index (χ0v) is 15.9. The van der Waals surface area contributed by atoms with E-state index in [9.17, 15) is 13.2 Å². The lowest BCUT2D eigenvalue weighted by atomic mass is 10.1. The normalized spacial score (nSPS) is 15.0. The summed E-state index contributed by atoms with van der Waals surface area (Å²) >= 11 is 6.02. The Morgan fingerprint density at radius 1 is 1.04 bits per heavy atom. The van der Waals surface area contributed by atoms with Crippen molar-refractivity contribution < 1.29 is 13.2 Å². The van der Waals surface area contributed by atoms with Crippen molar-refractivity contribution >= 4 is 38.9 Å².